The fourth-order valence-electron chi connectivity index (χ4n) is 3.04. The number of likely N-dealkylation sites (tertiary alicyclic amines) is 1. The molecule has 1 aliphatic rings. The van der Waals surface area contributed by atoms with Crippen LogP contribution in [0.15, 0.2) is 54.6 Å². The van der Waals surface area contributed by atoms with E-state index in [1.807, 2.05) is 47.4 Å². The number of carbonyl (C=O) groups excluding carboxylic acids is 2. The molecule has 2 aromatic rings. The number of rotatable bonds is 6. The lowest BCUT2D eigenvalue weighted by molar-refractivity contribution is -0.129. The topological polar surface area (TPSA) is 49.4 Å². The average molecular weight is 369 g/mol. The summed E-state index contributed by atoms with van der Waals surface area (Å²) in [6.07, 6.45) is 3.40. The molecule has 26 heavy (non-hydrogen) atoms. The minimum Gasteiger partial charge on any atom is -0.342 e. The summed E-state index contributed by atoms with van der Waals surface area (Å²) in [7, 11) is 0. The van der Waals surface area contributed by atoms with E-state index in [1.54, 1.807) is 0 Å². The largest absolute Gasteiger partial charge is 0.342 e. The van der Waals surface area contributed by atoms with Gasteiger partial charge in [-0.3, -0.25) is 9.59 Å². The Labute approximate surface area is 159 Å². The van der Waals surface area contributed by atoms with E-state index in [1.165, 1.54) is 18.2 Å². The first-order valence-electron chi connectivity index (χ1n) is 9.03. The van der Waals surface area contributed by atoms with E-state index >= 15 is 0 Å². The van der Waals surface area contributed by atoms with Gasteiger partial charge in [-0.15, -0.1) is 11.8 Å². The molecule has 0 spiro atoms. The van der Waals surface area contributed by atoms with Gasteiger partial charge in [-0.25, -0.2) is 0 Å². The summed E-state index contributed by atoms with van der Waals surface area (Å²) in [4.78, 5) is 26.1. The molecule has 0 atom stereocenters. The molecular formula is C21H24N2O2S. The van der Waals surface area contributed by atoms with Crippen LogP contribution in [0.4, 0.5) is 5.69 Å². The van der Waals surface area contributed by atoms with E-state index in [9.17, 15) is 9.59 Å². The van der Waals surface area contributed by atoms with Gasteiger partial charge in [0.25, 0.3) is 0 Å². The van der Waals surface area contributed by atoms with Crippen LogP contribution >= 0.6 is 11.8 Å². The van der Waals surface area contributed by atoms with Crippen molar-refractivity contribution in [3.63, 3.8) is 0 Å². The van der Waals surface area contributed by atoms with Gasteiger partial charge in [0.05, 0.1) is 11.5 Å². The summed E-state index contributed by atoms with van der Waals surface area (Å²) < 4.78 is 0. The number of piperidine rings is 1. The standard InChI is InChI=1S/C21H24N2O2S/c24-20(15-26-16-21(25)23-13-5-2-6-14-23)22-19-11-9-18(10-12-19)17-7-3-1-4-8-17/h1,3-4,7-12H,2,5-6,13-16H2,(H,22,24). The Hall–Kier alpha value is -2.27. The maximum atomic E-state index is 12.1. The Kier molecular flexibility index (Phi) is 6.72. The van der Waals surface area contributed by atoms with Crippen LogP contribution < -0.4 is 5.32 Å². The van der Waals surface area contributed by atoms with E-state index in [2.05, 4.69) is 17.4 Å². The van der Waals surface area contributed by atoms with Gasteiger partial charge in [0.2, 0.25) is 11.8 Å². The fraction of sp³-hybridized carbons (Fsp3) is 0.333. The van der Waals surface area contributed by atoms with Crippen molar-refractivity contribution in [2.45, 2.75) is 19.3 Å². The molecule has 1 heterocycles. The van der Waals surface area contributed by atoms with E-state index in [4.69, 9.17) is 0 Å². The van der Waals surface area contributed by atoms with Gasteiger partial charge >= 0.3 is 0 Å². The van der Waals surface area contributed by atoms with Gasteiger partial charge in [0.15, 0.2) is 0 Å². The first kappa shape index (κ1) is 18.5. The second-order valence-corrected chi connectivity index (χ2v) is 7.41. The highest BCUT2D eigenvalue weighted by molar-refractivity contribution is 8.00. The molecule has 0 aromatic heterocycles. The summed E-state index contributed by atoms with van der Waals surface area (Å²) in [5, 5.41) is 2.89. The zero-order chi connectivity index (χ0) is 18.2. The predicted molar refractivity (Wildman–Crippen MR) is 108 cm³/mol. The Balaban J connectivity index is 1.42. The maximum Gasteiger partial charge on any atom is 0.234 e. The molecule has 0 bridgehead atoms. The number of amides is 2. The maximum absolute atomic E-state index is 12.1. The van der Waals surface area contributed by atoms with E-state index < -0.39 is 0 Å². The highest BCUT2D eigenvalue weighted by Gasteiger charge is 2.16. The van der Waals surface area contributed by atoms with Gasteiger partial charge in [-0.05, 0) is 42.5 Å². The molecule has 1 N–H and O–H groups in total. The normalized spacial score (nSPS) is 14.1. The monoisotopic (exact) mass is 368 g/mol. The molecule has 1 saturated heterocycles. The highest BCUT2D eigenvalue weighted by Crippen LogP contribution is 2.21. The van der Waals surface area contributed by atoms with Crippen molar-refractivity contribution >= 4 is 29.3 Å². The third-order valence-electron chi connectivity index (χ3n) is 4.44. The van der Waals surface area contributed by atoms with Gasteiger partial charge < -0.3 is 10.2 Å². The van der Waals surface area contributed by atoms with Crippen LogP contribution in [0.25, 0.3) is 11.1 Å². The lowest BCUT2D eigenvalue weighted by Crippen LogP contribution is -2.37. The second-order valence-electron chi connectivity index (χ2n) is 6.43. The van der Waals surface area contributed by atoms with Crippen LogP contribution in [-0.2, 0) is 9.59 Å². The molecular weight excluding hydrogens is 344 g/mol. The highest BCUT2D eigenvalue weighted by atomic mass is 32.2. The smallest absolute Gasteiger partial charge is 0.234 e. The van der Waals surface area contributed by atoms with Crippen LogP contribution in [0.5, 0.6) is 0 Å². The van der Waals surface area contributed by atoms with Crippen molar-refractivity contribution in [3.05, 3.63) is 54.6 Å². The van der Waals surface area contributed by atoms with Crippen molar-refractivity contribution in [1.29, 1.82) is 0 Å². The zero-order valence-corrected chi connectivity index (χ0v) is 15.6. The molecule has 1 fully saturated rings. The van der Waals surface area contributed by atoms with E-state index in [-0.39, 0.29) is 11.8 Å². The van der Waals surface area contributed by atoms with E-state index in [0.29, 0.717) is 11.5 Å². The van der Waals surface area contributed by atoms with Crippen molar-refractivity contribution in [3.8, 4) is 11.1 Å². The minimum atomic E-state index is -0.0751. The Morgan fingerprint density at radius 2 is 1.50 bits per heavy atom. The zero-order valence-electron chi connectivity index (χ0n) is 14.8. The lowest BCUT2D eigenvalue weighted by atomic mass is 10.1. The third-order valence-corrected chi connectivity index (χ3v) is 5.36. The third kappa shape index (κ3) is 5.36. The second kappa shape index (κ2) is 9.43. The summed E-state index contributed by atoms with van der Waals surface area (Å²) in [6.45, 7) is 1.72. The lowest BCUT2D eigenvalue weighted by Gasteiger charge is -2.26. The van der Waals surface area contributed by atoms with Crippen molar-refractivity contribution < 1.29 is 9.59 Å². The Bertz CT molecular complexity index is 725. The summed E-state index contributed by atoms with van der Waals surface area (Å²) >= 11 is 1.38. The van der Waals surface area contributed by atoms with Crippen molar-refractivity contribution in [2.24, 2.45) is 0 Å². The first-order valence-corrected chi connectivity index (χ1v) is 10.2. The predicted octanol–water partition coefficient (Wildman–Crippen LogP) is 4.04. The molecule has 2 amide bonds. The van der Waals surface area contributed by atoms with Gasteiger partial charge in [0, 0.05) is 18.8 Å². The summed E-state index contributed by atoms with van der Waals surface area (Å²) in [6, 6.07) is 17.9. The van der Waals surface area contributed by atoms with Crippen LogP contribution in [0.1, 0.15) is 19.3 Å². The van der Waals surface area contributed by atoms with Crippen LogP contribution in [0, 0.1) is 0 Å². The minimum absolute atomic E-state index is 0.0751. The fourth-order valence-corrected chi connectivity index (χ4v) is 3.76. The van der Waals surface area contributed by atoms with Crippen molar-refractivity contribution in [2.75, 3.05) is 29.9 Å². The Morgan fingerprint density at radius 3 is 2.19 bits per heavy atom. The number of nitrogens with one attached hydrogen (secondary N) is 1. The number of carbonyl (C=O) groups is 2. The SMILES string of the molecule is O=C(CSCC(=O)N1CCCCC1)Nc1ccc(-c2ccccc2)cc1. The van der Waals surface area contributed by atoms with Crippen molar-refractivity contribution in [1.82, 2.24) is 4.90 Å². The molecule has 5 heteroatoms. The number of hydrogen-bond donors (Lipinski definition) is 1. The van der Waals surface area contributed by atoms with Gasteiger partial charge in [0.1, 0.15) is 0 Å². The Morgan fingerprint density at radius 1 is 0.846 bits per heavy atom. The number of hydrogen-bond acceptors (Lipinski definition) is 3. The first-order chi connectivity index (χ1) is 12.7. The molecule has 0 saturated carbocycles. The molecule has 2 aromatic carbocycles. The molecule has 0 radical (unpaired) electrons. The van der Waals surface area contributed by atoms with E-state index in [0.717, 1.165) is 42.7 Å². The molecule has 0 aliphatic carbocycles. The summed E-state index contributed by atoms with van der Waals surface area (Å²) in [5.74, 6) is 0.740. The van der Waals surface area contributed by atoms with Crippen LogP contribution in [0.3, 0.4) is 0 Å². The number of nitrogens with zero attached hydrogens (tertiary/aromatic N) is 1. The van der Waals surface area contributed by atoms with Crippen LogP contribution in [-0.4, -0.2) is 41.3 Å². The van der Waals surface area contributed by atoms with Gasteiger partial charge in [-0.2, -0.15) is 0 Å². The number of benzene rings is 2. The number of thioether (sulfide) groups is 1. The molecule has 4 nitrogen and oxygen atoms in total. The molecule has 3 rings (SSSR count). The van der Waals surface area contributed by atoms with Crippen LogP contribution in [0.2, 0.25) is 0 Å². The molecule has 136 valence electrons. The summed E-state index contributed by atoms with van der Waals surface area (Å²) in [5.41, 5.74) is 3.04. The van der Waals surface area contributed by atoms with Gasteiger partial charge in [-0.1, -0.05) is 42.5 Å². The number of anilines is 1. The molecule has 1 aliphatic heterocycles. The average Bonchev–Trinajstić information content (AvgIpc) is 2.70. The molecule has 0 unspecified atom stereocenters. The quantitative estimate of drug-likeness (QED) is 0.837.